The van der Waals surface area contributed by atoms with E-state index in [1.165, 1.54) is 4.57 Å². The lowest BCUT2D eigenvalue weighted by molar-refractivity contribution is -0.157. The smallest absolute Gasteiger partial charge is 0.326 e. The van der Waals surface area contributed by atoms with Gasteiger partial charge in [0, 0.05) is 25.6 Å². The van der Waals surface area contributed by atoms with Gasteiger partial charge in [-0.25, -0.2) is 4.79 Å². The zero-order valence-electron chi connectivity index (χ0n) is 13.6. The maximum absolute atomic E-state index is 12.7. The predicted molar refractivity (Wildman–Crippen MR) is 88.1 cm³/mol. The third kappa shape index (κ3) is 2.44. The molecule has 8 nitrogen and oxygen atoms in total. The first-order valence-electron chi connectivity index (χ1n) is 8.28. The Balaban J connectivity index is 1.59. The van der Waals surface area contributed by atoms with E-state index in [1.54, 1.807) is 23.1 Å². The van der Waals surface area contributed by atoms with Crippen molar-refractivity contribution in [1.29, 1.82) is 0 Å². The fourth-order valence-electron chi connectivity index (χ4n) is 3.99. The summed E-state index contributed by atoms with van der Waals surface area (Å²) in [6.07, 6.45) is 0.407. The van der Waals surface area contributed by atoms with Crippen molar-refractivity contribution in [2.75, 3.05) is 26.3 Å². The Labute approximate surface area is 143 Å². The van der Waals surface area contributed by atoms with Crippen LogP contribution in [0.1, 0.15) is 6.42 Å². The summed E-state index contributed by atoms with van der Waals surface area (Å²) >= 11 is 0. The van der Waals surface area contributed by atoms with Gasteiger partial charge < -0.3 is 19.7 Å². The molecule has 132 valence electrons. The number of amides is 1. The Morgan fingerprint density at radius 2 is 2.16 bits per heavy atom. The van der Waals surface area contributed by atoms with Crippen LogP contribution in [-0.4, -0.2) is 57.7 Å². The SMILES string of the molecule is O=C(Cn1c(=O)[nH]c2ccccc21)N1C[C@H]2COCC[C@@]2(C(=O)O)C1. The molecule has 0 radical (unpaired) electrons. The number of nitrogens with zero attached hydrogens (tertiary/aromatic N) is 2. The van der Waals surface area contributed by atoms with Crippen LogP contribution in [0.25, 0.3) is 11.0 Å². The molecule has 4 rings (SSSR count). The maximum atomic E-state index is 12.7. The first kappa shape index (κ1) is 15.9. The molecule has 3 heterocycles. The Morgan fingerprint density at radius 3 is 2.92 bits per heavy atom. The molecule has 0 unspecified atom stereocenters. The Morgan fingerprint density at radius 1 is 1.36 bits per heavy atom. The molecule has 1 amide bonds. The number of fused-ring (bicyclic) bond motifs is 2. The van der Waals surface area contributed by atoms with Crippen molar-refractivity contribution in [2.24, 2.45) is 11.3 Å². The average Bonchev–Trinajstić information content (AvgIpc) is 3.14. The van der Waals surface area contributed by atoms with Crippen molar-refractivity contribution >= 4 is 22.9 Å². The van der Waals surface area contributed by atoms with Crippen LogP contribution in [0.4, 0.5) is 0 Å². The van der Waals surface area contributed by atoms with Crippen LogP contribution < -0.4 is 5.69 Å². The summed E-state index contributed by atoms with van der Waals surface area (Å²) in [6.45, 7) is 1.16. The minimum Gasteiger partial charge on any atom is -0.481 e. The number of aromatic amines is 1. The highest BCUT2D eigenvalue weighted by atomic mass is 16.5. The molecule has 2 N–H and O–H groups in total. The zero-order chi connectivity index (χ0) is 17.6. The lowest BCUT2D eigenvalue weighted by atomic mass is 9.74. The largest absolute Gasteiger partial charge is 0.481 e. The van der Waals surface area contributed by atoms with Gasteiger partial charge in [-0.3, -0.25) is 14.2 Å². The summed E-state index contributed by atoms with van der Waals surface area (Å²) < 4.78 is 6.80. The highest BCUT2D eigenvalue weighted by Crippen LogP contribution is 2.42. The second-order valence-electron chi connectivity index (χ2n) is 6.79. The molecule has 1 aromatic carbocycles. The van der Waals surface area contributed by atoms with Crippen LogP contribution in [0.5, 0.6) is 0 Å². The van der Waals surface area contributed by atoms with Crippen molar-refractivity contribution in [1.82, 2.24) is 14.5 Å². The molecule has 0 aliphatic carbocycles. The van der Waals surface area contributed by atoms with Gasteiger partial charge in [-0.05, 0) is 18.6 Å². The predicted octanol–water partition coefficient (Wildman–Crippen LogP) is 0.279. The number of nitrogens with one attached hydrogen (secondary N) is 1. The molecule has 1 aromatic heterocycles. The highest BCUT2D eigenvalue weighted by Gasteiger charge is 2.54. The van der Waals surface area contributed by atoms with Crippen molar-refractivity contribution in [3.63, 3.8) is 0 Å². The molecule has 2 aromatic rings. The number of likely N-dealkylation sites (tertiary alicyclic amines) is 1. The molecule has 0 spiro atoms. The number of hydrogen-bond acceptors (Lipinski definition) is 4. The van der Waals surface area contributed by atoms with Gasteiger partial charge in [0.15, 0.2) is 0 Å². The Hall–Kier alpha value is -2.61. The number of aliphatic carboxylic acids is 1. The monoisotopic (exact) mass is 345 g/mol. The van der Waals surface area contributed by atoms with Gasteiger partial charge in [-0.1, -0.05) is 12.1 Å². The van der Waals surface area contributed by atoms with E-state index in [9.17, 15) is 19.5 Å². The molecule has 0 saturated carbocycles. The standard InChI is InChI=1S/C17H19N3O5/c21-14(8-20-13-4-2-1-3-12(13)18-16(20)24)19-7-11-9-25-6-5-17(11,10-19)15(22)23/h1-4,11H,5-10H2,(H,18,24)(H,22,23)/t11-,17+/m0/s1. The van der Waals surface area contributed by atoms with Crippen LogP contribution in [0, 0.1) is 11.3 Å². The molecule has 2 aliphatic rings. The number of para-hydroxylation sites is 2. The summed E-state index contributed by atoms with van der Waals surface area (Å²) in [5, 5.41) is 9.69. The Bertz CT molecular complexity index is 901. The summed E-state index contributed by atoms with van der Waals surface area (Å²) in [7, 11) is 0. The van der Waals surface area contributed by atoms with Gasteiger partial charge in [0.05, 0.1) is 23.1 Å². The number of carbonyl (C=O) groups is 2. The number of rotatable bonds is 3. The normalized spacial score (nSPS) is 25.9. The van der Waals surface area contributed by atoms with E-state index < -0.39 is 11.4 Å². The van der Waals surface area contributed by atoms with E-state index in [4.69, 9.17) is 4.74 Å². The van der Waals surface area contributed by atoms with E-state index in [0.29, 0.717) is 37.2 Å². The second-order valence-corrected chi connectivity index (χ2v) is 6.79. The Kier molecular flexibility index (Phi) is 3.64. The van der Waals surface area contributed by atoms with Crippen LogP contribution in [0.3, 0.4) is 0 Å². The lowest BCUT2D eigenvalue weighted by Gasteiger charge is -2.33. The highest BCUT2D eigenvalue weighted by molar-refractivity contribution is 5.83. The zero-order valence-corrected chi connectivity index (χ0v) is 13.6. The number of carboxylic acids is 1. The molecule has 0 bridgehead atoms. The van der Waals surface area contributed by atoms with Crippen LogP contribution in [0.2, 0.25) is 0 Å². The summed E-state index contributed by atoms with van der Waals surface area (Å²) in [5.74, 6) is -1.33. The van der Waals surface area contributed by atoms with Crippen LogP contribution in [-0.2, 0) is 20.9 Å². The molecule has 8 heteroatoms. The van der Waals surface area contributed by atoms with Gasteiger partial charge in [0.1, 0.15) is 6.54 Å². The number of aromatic nitrogens is 2. The lowest BCUT2D eigenvalue weighted by Crippen LogP contribution is -2.45. The molecular formula is C17H19N3O5. The number of carbonyl (C=O) groups excluding carboxylic acids is 1. The van der Waals surface area contributed by atoms with Crippen LogP contribution >= 0.6 is 0 Å². The van der Waals surface area contributed by atoms with Crippen molar-refractivity contribution in [3.05, 3.63) is 34.7 Å². The minimum atomic E-state index is -0.931. The summed E-state index contributed by atoms with van der Waals surface area (Å²) in [4.78, 5) is 41.0. The third-order valence-corrected chi connectivity index (χ3v) is 5.46. The molecule has 2 fully saturated rings. The van der Waals surface area contributed by atoms with E-state index in [0.717, 1.165) is 0 Å². The number of benzene rings is 1. The van der Waals surface area contributed by atoms with Crippen LogP contribution in [0.15, 0.2) is 29.1 Å². The maximum Gasteiger partial charge on any atom is 0.326 e. The van der Waals surface area contributed by atoms with Crippen molar-refractivity contribution < 1.29 is 19.4 Å². The van der Waals surface area contributed by atoms with E-state index in [2.05, 4.69) is 4.98 Å². The first-order valence-corrected chi connectivity index (χ1v) is 8.28. The number of ether oxygens (including phenoxy) is 1. The van der Waals surface area contributed by atoms with Crippen molar-refractivity contribution in [3.8, 4) is 0 Å². The third-order valence-electron chi connectivity index (χ3n) is 5.46. The molecule has 2 saturated heterocycles. The van der Waals surface area contributed by atoms with E-state index in [1.807, 2.05) is 6.07 Å². The van der Waals surface area contributed by atoms with E-state index in [-0.39, 0.29) is 30.6 Å². The van der Waals surface area contributed by atoms with Gasteiger partial charge in [-0.15, -0.1) is 0 Å². The quantitative estimate of drug-likeness (QED) is 0.831. The van der Waals surface area contributed by atoms with Gasteiger partial charge in [0.25, 0.3) is 0 Å². The van der Waals surface area contributed by atoms with Gasteiger partial charge in [-0.2, -0.15) is 0 Å². The first-order chi connectivity index (χ1) is 12.0. The molecule has 2 atom stereocenters. The van der Waals surface area contributed by atoms with Gasteiger partial charge >= 0.3 is 11.7 Å². The van der Waals surface area contributed by atoms with E-state index >= 15 is 0 Å². The number of hydrogen-bond donors (Lipinski definition) is 2. The number of carboxylic acid groups (broad SMARTS) is 1. The molecule has 25 heavy (non-hydrogen) atoms. The molecule has 2 aliphatic heterocycles. The summed E-state index contributed by atoms with van der Waals surface area (Å²) in [5.41, 5.74) is 0.0565. The second kappa shape index (κ2) is 5.73. The number of imidazole rings is 1. The fourth-order valence-corrected chi connectivity index (χ4v) is 3.99. The average molecular weight is 345 g/mol. The molecular weight excluding hydrogens is 326 g/mol. The summed E-state index contributed by atoms with van der Waals surface area (Å²) in [6, 6.07) is 7.17. The van der Waals surface area contributed by atoms with Gasteiger partial charge in [0.2, 0.25) is 5.91 Å². The van der Waals surface area contributed by atoms with Crippen molar-refractivity contribution in [2.45, 2.75) is 13.0 Å². The fraction of sp³-hybridized carbons (Fsp3) is 0.471. The number of H-pyrrole nitrogens is 1. The topological polar surface area (TPSA) is 105 Å². The minimum absolute atomic E-state index is 0.105.